The van der Waals surface area contributed by atoms with Crippen molar-refractivity contribution in [3.63, 3.8) is 0 Å². The summed E-state index contributed by atoms with van der Waals surface area (Å²) in [5.74, 6) is -2.76. The van der Waals surface area contributed by atoms with Crippen LogP contribution in [-0.4, -0.2) is 71.9 Å². The highest BCUT2D eigenvalue weighted by molar-refractivity contribution is 7.80. The first kappa shape index (κ1) is 34.7. The third-order valence-corrected chi connectivity index (χ3v) is 6.28. The number of amides is 4. The minimum absolute atomic E-state index is 0.00474. The van der Waals surface area contributed by atoms with Gasteiger partial charge in [-0.25, -0.2) is 4.79 Å². The van der Waals surface area contributed by atoms with Crippen LogP contribution >= 0.6 is 12.6 Å². The van der Waals surface area contributed by atoms with Gasteiger partial charge in [-0.05, 0) is 49.1 Å². The number of nitrogens with one attached hydrogen (secondary N) is 4. The molecular weight excluding hydrogens is 536 g/mol. The van der Waals surface area contributed by atoms with Crippen LogP contribution in [-0.2, 0) is 30.3 Å². The first-order valence-electron chi connectivity index (χ1n) is 13.5. The molecule has 0 unspecified atom stereocenters. The topological polar surface area (TPSA) is 163 Å². The van der Waals surface area contributed by atoms with Crippen LogP contribution in [0.25, 0.3) is 0 Å². The SMILES string of the molecule is Cc1ccccc1CCNC(=O)[C@H](CS)NC(=O)[C@H](CC(C)C)NC(=O)[C@H](CCC(=O)O)NC(=O)OCC(C)C. The molecule has 0 spiro atoms. The number of carboxylic acid groups (broad SMARTS) is 1. The van der Waals surface area contributed by atoms with Gasteiger partial charge in [0.05, 0.1) is 6.61 Å². The van der Waals surface area contributed by atoms with Gasteiger partial charge in [-0.1, -0.05) is 52.0 Å². The van der Waals surface area contributed by atoms with E-state index < -0.39 is 47.9 Å². The Hall–Kier alpha value is -3.28. The molecular formula is C28H44N4O7S. The molecule has 40 heavy (non-hydrogen) atoms. The van der Waals surface area contributed by atoms with Gasteiger partial charge in [0, 0.05) is 18.7 Å². The Morgan fingerprint density at radius 2 is 1.50 bits per heavy atom. The minimum atomic E-state index is -1.23. The third kappa shape index (κ3) is 13.7. The molecule has 0 fully saturated rings. The highest BCUT2D eigenvalue weighted by Crippen LogP contribution is 2.09. The van der Waals surface area contributed by atoms with E-state index >= 15 is 0 Å². The second kappa shape index (κ2) is 18.1. The second-order valence-corrected chi connectivity index (χ2v) is 10.9. The summed E-state index contributed by atoms with van der Waals surface area (Å²) < 4.78 is 5.06. The normalized spacial score (nSPS) is 13.2. The number of thiol groups is 1. The molecule has 0 saturated heterocycles. The summed E-state index contributed by atoms with van der Waals surface area (Å²) in [4.78, 5) is 62.3. The van der Waals surface area contributed by atoms with Crippen LogP contribution < -0.4 is 21.3 Å². The van der Waals surface area contributed by atoms with Gasteiger partial charge < -0.3 is 31.1 Å². The van der Waals surface area contributed by atoms with Gasteiger partial charge in [0.15, 0.2) is 0 Å². The van der Waals surface area contributed by atoms with Gasteiger partial charge in [-0.3, -0.25) is 19.2 Å². The molecule has 0 bridgehead atoms. The molecule has 224 valence electrons. The Balaban J connectivity index is 2.86. The number of carbonyl (C=O) groups is 5. The van der Waals surface area contributed by atoms with Crippen molar-refractivity contribution in [3.05, 3.63) is 35.4 Å². The van der Waals surface area contributed by atoms with Gasteiger partial charge in [0.1, 0.15) is 18.1 Å². The standard InChI is InChI=1S/C28H44N4O7S/c1-17(2)14-22(30-26(36)21(10-11-24(33)34)32-28(38)39-15-18(3)4)27(37)31-23(16-40)25(35)29-13-12-20-9-7-6-8-19(20)5/h6-9,17-18,21-23,40H,10-16H2,1-5H3,(H,29,35)(H,30,36)(H,31,37)(H,32,38)(H,33,34)/t21-,22-,23-/m0/s1. The molecule has 12 heteroatoms. The van der Waals surface area contributed by atoms with E-state index in [1.165, 1.54) is 0 Å². The fraction of sp³-hybridized carbons (Fsp3) is 0.607. The van der Waals surface area contributed by atoms with Crippen molar-refractivity contribution in [1.29, 1.82) is 0 Å². The van der Waals surface area contributed by atoms with E-state index in [1.807, 2.05) is 58.9 Å². The zero-order valence-electron chi connectivity index (χ0n) is 24.0. The van der Waals surface area contributed by atoms with E-state index in [-0.39, 0.29) is 43.5 Å². The quantitative estimate of drug-likeness (QED) is 0.154. The molecule has 4 amide bonds. The van der Waals surface area contributed by atoms with Crippen LogP contribution in [0, 0.1) is 18.8 Å². The van der Waals surface area contributed by atoms with E-state index in [2.05, 4.69) is 33.9 Å². The van der Waals surface area contributed by atoms with Crippen LogP contribution in [0.5, 0.6) is 0 Å². The van der Waals surface area contributed by atoms with Crippen LogP contribution in [0.2, 0.25) is 0 Å². The molecule has 0 saturated carbocycles. The van der Waals surface area contributed by atoms with Gasteiger partial charge in [-0.2, -0.15) is 12.6 Å². The first-order chi connectivity index (χ1) is 18.8. The number of rotatable bonds is 17. The van der Waals surface area contributed by atoms with Crippen LogP contribution in [0.4, 0.5) is 4.79 Å². The second-order valence-electron chi connectivity index (χ2n) is 10.5. The zero-order chi connectivity index (χ0) is 30.2. The fourth-order valence-electron chi connectivity index (χ4n) is 3.74. The lowest BCUT2D eigenvalue weighted by Gasteiger charge is -2.25. The predicted molar refractivity (Wildman–Crippen MR) is 155 cm³/mol. The molecule has 1 aromatic carbocycles. The Morgan fingerprint density at radius 1 is 0.875 bits per heavy atom. The van der Waals surface area contributed by atoms with E-state index in [9.17, 15) is 24.0 Å². The summed E-state index contributed by atoms with van der Waals surface area (Å²) >= 11 is 4.22. The largest absolute Gasteiger partial charge is 0.481 e. The number of ether oxygens (including phenoxy) is 1. The zero-order valence-corrected chi connectivity index (χ0v) is 24.9. The molecule has 1 aromatic rings. The van der Waals surface area contributed by atoms with Gasteiger partial charge in [0.2, 0.25) is 17.7 Å². The summed E-state index contributed by atoms with van der Waals surface area (Å²) in [6.07, 6.45) is -0.566. The molecule has 0 aromatic heterocycles. The maximum absolute atomic E-state index is 13.2. The number of carbonyl (C=O) groups excluding carboxylic acids is 4. The molecule has 5 N–H and O–H groups in total. The summed E-state index contributed by atoms with van der Waals surface area (Å²) in [7, 11) is 0. The fourth-order valence-corrected chi connectivity index (χ4v) is 4.00. The number of hydrogen-bond acceptors (Lipinski definition) is 7. The van der Waals surface area contributed by atoms with Crippen LogP contribution in [0.3, 0.4) is 0 Å². The van der Waals surface area contributed by atoms with Crippen molar-refractivity contribution in [2.75, 3.05) is 18.9 Å². The lowest BCUT2D eigenvalue weighted by atomic mass is 10.0. The number of benzene rings is 1. The molecule has 0 aliphatic heterocycles. The van der Waals surface area contributed by atoms with E-state index in [1.54, 1.807) is 0 Å². The van der Waals surface area contributed by atoms with Crippen molar-refractivity contribution in [2.45, 2.75) is 78.4 Å². The lowest BCUT2D eigenvalue weighted by Crippen LogP contribution is -2.57. The average Bonchev–Trinajstić information content (AvgIpc) is 2.88. The maximum atomic E-state index is 13.2. The highest BCUT2D eigenvalue weighted by atomic mass is 32.1. The number of aryl methyl sites for hydroxylation is 1. The molecule has 3 atom stereocenters. The predicted octanol–water partition coefficient (Wildman–Crippen LogP) is 2.21. The monoisotopic (exact) mass is 580 g/mol. The van der Waals surface area contributed by atoms with E-state index in [4.69, 9.17) is 9.84 Å². The van der Waals surface area contributed by atoms with Crippen molar-refractivity contribution in [2.24, 2.45) is 11.8 Å². The number of carboxylic acids is 1. The van der Waals surface area contributed by atoms with Crippen LogP contribution in [0.15, 0.2) is 24.3 Å². The average molecular weight is 581 g/mol. The Bertz CT molecular complexity index is 1000. The Labute approximate surface area is 242 Å². The van der Waals surface area contributed by atoms with Crippen molar-refractivity contribution < 1.29 is 33.8 Å². The molecule has 0 aliphatic carbocycles. The van der Waals surface area contributed by atoms with Gasteiger partial charge >= 0.3 is 12.1 Å². The molecule has 0 radical (unpaired) electrons. The minimum Gasteiger partial charge on any atom is -0.481 e. The Kier molecular flexibility index (Phi) is 15.8. The number of alkyl carbamates (subject to hydrolysis) is 1. The molecule has 0 aliphatic rings. The highest BCUT2D eigenvalue weighted by Gasteiger charge is 2.30. The lowest BCUT2D eigenvalue weighted by molar-refractivity contribution is -0.137. The van der Waals surface area contributed by atoms with Crippen LogP contribution in [0.1, 0.15) is 58.1 Å². The summed E-state index contributed by atoms with van der Waals surface area (Å²) in [5.41, 5.74) is 2.22. The third-order valence-electron chi connectivity index (χ3n) is 5.91. The maximum Gasteiger partial charge on any atom is 0.407 e. The first-order valence-corrected chi connectivity index (χ1v) is 14.2. The van der Waals surface area contributed by atoms with Crippen molar-refractivity contribution in [3.8, 4) is 0 Å². The number of aliphatic carboxylic acids is 1. The molecule has 1 rings (SSSR count). The van der Waals surface area contributed by atoms with E-state index in [0.717, 1.165) is 11.1 Å². The van der Waals surface area contributed by atoms with Crippen molar-refractivity contribution in [1.82, 2.24) is 21.3 Å². The Morgan fingerprint density at radius 3 is 2.08 bits per heavy atom. The smallest absolute Gasteiger partial charge is 0.407 e. The number of hydrogen-bond donors (Lipinski definition) is 6. The van der Waals surface area contributed by atoms with Gasteiger partial charge in [0.25, 0.3) is 0 Å². The van der Waals surface area contributed by atoms with Gasteiger partial charge in [-0.15, -0.1) is 0 Å². The summed E-state index contributed by atoms with van der Waals surface area (Å²) in [5, 5.41) is 19.5. The molecule has 0 heterocycles. The summed E-state index contributed by atoms with van der Waals surface area (Å²) in [6.45, 7) is 9.91. The molecule has 11 nitrogen and oxygen atoms in total. The van der Waals surface area contributed by atoms with Crippen molar-refractivity contribution >= 4 is 42.4 Å². The summed E-state index contributed by atoms with van der Waals surface area (Å²) in [6, 6.07) is 4.65. The van der Waals surface area contributed by atoms with E-state index in [0.29, 0.717) is 13.0 Å².